The quantitative estimate of drug-likeness (QED) is 0.398. The van der Waals surface area contributed by atoms with Crippen LogP contribution in [0.15, 0.2) is 36.4 Å². The van der Waals surface area contributed by atoms with Crippen molar-refractivity contribution in [1.29, 1.82) is 0 Å². The van der Waals surface area contributed by atoms with Gasteiger partial charge in [-0.25, -0.2) is 4.39 Å². The number of hydrogen-bond acceptors (Lipinski definition) is 1. The van der Waals surface area contributed by atoms with Crippen LogP contribution in [0.2, 0.25) is 0 Å². The molecule has 4 unspecified atom stereocenters. The monoisotopic (exact) mass is 412 g/mol. The van der Waals surface area contributed by atoms with Crippen molar-refractivity contribution in [3.8, 4) is 16.9 Å². The molecule has 162 valence electrons. The summed E-state index contributed by atoms with van der Waals surface area (Å²) in [6, 6.07) is 11.4. The van der Waals surface area contributed by atoms with Gasteiger partial charge in [-0.2, -0.15) is 4.39 Å². The molecule has 4 rings (SSSR count). The third kappa shape index (κ3) is 4.13. The van der Waals surface area contributed by atoms with Crippen LogP contribution >= 0.6 is 0 Å². The molecule has 0 bridgehead atoms. The molecule has 0 aliphatic heterocycles. The Kier molecular flexibility index (Phi) is 6.75. The zero-order valence-electron chi connectivity index (χ0n) is 18.3. The predicted molar refractivity (Wildman–Crippen MR) is 119 cm³/mol. The highest BCUT2D eigenvalue weighted by Gasteiger charge is 2.44. The summed E-state index contributed by atoms with van der Waals surface area (Å²) in [5, 5.41) is 0. The maximum absolute atomic E-state index is 14.7. The fraction of sp³-hybridized carbons (Fsp3) is 0.556. The van der Waals surface area contributed by atoms with Gasteiger partial charge in [-0.1, -0.05) is 57.4 Å². The maximum atomic E-state index is 14.7. The first-order chi connectivity index (χ1) is 14.6. The van der Waals surface area contributed by atoms with Crippen molar-refractivity contribution < 1.29 is 13.5 Å². The number of unbranched alkanes of at least 4 members (excludes halogenated alkanes) is 1. The fourth-order valence-corrected chi connectivity index (χ4v) is 5.97. The molecule has 4 atom stereocenters. The normalized spacial score (nSPS) is 25.5. The molecule has 0 N–H and O–H groups in total. The first kappa shape index (κ1) is 21.3. The molecule has 3 heteroatoms. The van der Waals surface area contributed by atoms with Gasteiger partial charge in [0.1, 0.15) is 0 Å². The summed E-state index contributed by atoms with van der Waals surface area (Å²) in [7, 11) is 0. The zero-order valence-corrected chi connectivity index (χ0v) is 18.3. The first-order valence-corrected chi connectivity index (χ1v) is 11.8. The Bertz CT molecular complexity index is 845. The van der Waals surface area contributed by atoms with Gasteiger partial charge >= 0.3 is 0 Å². The standard InChI is InChI=1S/C27H34F2O/c1-3-5-17-30-25-16-15-23(26(28)27(25)29)20-9-7-19(8-10-20)22-14-13-21-18(6-4-2)11-12-24(21)22/h7-10,15-16,18,21-22,24H,3-6,11-14,17H2,1-2H3. The average Bonchev–Trinajstić information content (AvgIpc) is 3.35. The number of halogens is 2. The van der Waals surface area contributed by atoms with E-state index in [0.29, 0.717) is 18.1 Å². The minimum absolute atomic E-state index is 0.00110. The van der Waals surface area contributed by atoms with Crippen molar-refractivity contribution in [2.75, 3.05) is 6.61 Å². The van der Waals surface area contributed by atoms with E-state index < -0.39 is 11.6 Å². The topological polar surface area (TPSA) is 9.23 Å². The van der Waals surface area contributed by atoms with Crippen LogP contribution in [0.5, 0.6) is 5.75 Å². The summed E-state index contributed by atoms with van der Waals surface area (Å²) < 4.78 is 34.5. The van der Waals surface area contributed by atoms with E-state index in [-0.39, 0.29) is 5.75 Å². The lowest BCUT2D eigenvalue weighted by Crippen LogP contribution is -2.12. The van der Waals surface area contributed by atoms with E-state index in [9.17, 15) is 8.78 Å². The number of rotatable bonds is 8. The van der Waals surface area contributed by atoms with Crippen LogP contribution in [0.4, 0.5) is 8.78 Å². The van der Waals surface area contributed by atoms with Gasteiger partial charge in [-0.3, -0.25) is 0 Å². The van der Waals surface area contributed by atoms with Gasteiger partial charge in [-0.05, 0) is 79.0 Å². The van der Waals surface area contributed by atoms with Crippen LogP contribution in [0, 0.1) is 29.4 Å². The Hall–Kier alpha value is -1.90. The van der Waals surface area contributed by atoms with Gasteiger partial charge in [0.15, 0.2) is 11.6 Å². The van der Waals surface area contributed by atoms with E-state index in [1.165, 1.54) is 44.1 Å². The molecule has 2 saturated carbocycles. The smallest absolute Gasteiger partial charge is 0.201 e. The van der Waals surface area contributed by atoms with Crippen molar-refractivity contribution in [2.45, 2.75) is 71.1 Å². The predicted octanol–water partition coefficient (Wildman–Crippen LogP) is 8.13. The van der Waals surface area contributed by atoms with Crippen LogP contribution < -0.4 is 4.74 Å². The molecule has 0 saturated heterocycles. The number of benzene rings is 2. The lowest BCUT2D eigenvalue weighted by atomic mass is 9.84. The van der Waals surface area contributed by atoms with Crippen molar-refractivity contribution in [2.24, 2.45) is 17.8 Å². The van der Waals surface area contributed by atoms with Crippen molar-refractivity contribution in [3.05, 3.63) is 53.6 Å². The van der Waals surface area contributed by atoms with E-state index in [0.717, 1.165) is 36.2 Å². The molecule has 0 heterocycles. The molecule has 0 aromatic heterocycles. The fourth-order valence-electron chi connectivity index (χ4n) is 5.97. The Balaban J connectivity index is 1.48. The second-order valence-electron chi connectivity index (χ2n) is 9.20. The van der Waals surface area contributed by atoms with E-state index in [1.54, 1.807) is 12.1 Å². The van der Waals surface area contributed by atoms with Crippen LogP contribution in [-0.2, 0) is 0 Å². The molecular formula is C27H34F2O. The molecule has 0 spiro atoms. The Morgan fingerprint density at radius 2 is 1.60 bits per heavy atom. The summed E-state index contributed by atoms with van der Waals surface area (Å²) in [4.78, 5) is 0. The zero-order chi connectivity index (χ0) is 21.1. The van der Waals surface area contributed by atoms with Gasteiger partial charge in [-0.15, -0.1) is 0 Å². The second kappa shape index (κ2) is 9.49. The minimum Gasteiger partial charge on any atom is -0.490 e. The lowest BCUT2D eigenvalue weighted by molar-refractivity contribution is 0.289. The first-order valence-electron chi connectivity index (χ1n) is 11.8. The van der Waals surface area contributed by atoms with Crippen molar-refractivity contribution in [1.82, 2.24) is 0 Å². The molecule has 1 nitrogen and oxygen atoms in total. The summed E-state index contributed by atoms with van der Waals surface area (Å²) in [6.07, 6.45) is 9.79. The van der Waals surface area contributed by atoms with Gasteiger partial charge in [0.2, 0.25) is 5.82 Å². The average molecular weight is 413 g/mol. The van der Waals surface area contributed by atoms with E-state index in [2.05, 4.69) is 19.1 Å². The maximum Gasteiger partial charge on any atom is 0.201 e. The van der Waals surface area contributed by atoms with Crippen LogP contribution in [-0.4, -0.2) is 6.61 Å². The molecule has 0 radical (unpaired) electrons. The van der Waals surface area contributed by atoms with E-state index in [1.807, 2.05) is 19.1 Å². The molecular weight excluding hydrogens is 378 g/mol. The Morgan fingerprint density at radius 3 is 2.33 bits per heavy atom. The SMILES string of the molecule is CCCCOc1ccc(-c2ccc(C3CCC4C(CCC)CCC34)cc2)c(F)c1F. The molecule has 2 fully saturated rings. The minimum atomic E-state index is -0.890. The summed E-state index contributed by atoms with van der Waals surface area (Å²) in [6.45, 7) is 4.74. The third-order valence-corrected chi connectivity index (χ3v) is 7.47. The number of hydrogen-bond donors (Lipinski definition) is 0. The highest BCUT2D eigenvalue weighted by atomic mass is 19.2. The molecule has 0 amide bonds. The molecule has 30 heavy (non-hydrogen) atoms. The van der Waals surface area contributed by atoms with Crippen LogP contribution in [0.3, 0.4) is 0 Å². The summed E-state index contributed by atoms with van der Waals surface area (Å²) >= 11 is 0. The molecule has 2 aromatic carbocycles. The second-order valence-corrected chi connectivity index (χ2v) is 9.20. The van der Waals surface area contributed by atoms with Crippen LogP contribution in [0.1, 0.15) is 76.7 Å². The van der Waals surface area contributed by atoms with Crippen molar-refractivity contribution >= 4 is 0 Å². The third-order valence-electron chi connectivity index (χ3n) is 7.47. The lowest BCUT2D eigenvalue weighted by Gasteiger charge is -2.21. The summed E-state index contributed by atoms with van der Waals surface area (Å²) in [5.41, 5.74) is 2.39. The Morgan fingerprint density at radius 1 is 0.833 bits per heavy atom. The van der Waals surface area contributed by atoms with Gasteiger partial charge in [0.25, 0.3) is 0 Å². The number of ether oxygens (including phenoxy) is 1. The molecule has 2 aliphatic rings. The van der Waals surface area contributed by atoms with Crippen molar-refractivity contribution in [3.63, 3.8) is 0 Å². The highest BCUT2D eigenvalue weighted by Crippen LogP contribution is 2.55. The molecule has 2 aliphatic carbocycles. The van der Waals surface area contributed by atoms with Gasteiger partial charge in [0.05, 0.1) is 6.61 Å². The van der Waals surface area contributed by atoms with E-state index in [4.69, 9.17) is 4.74 Å². The van der Waals surface area contributed by atoms with E-state index >= 15 is 0 Å². The Labute approximate surface area is 179 Å². The highest BCUT2D eigenvalue weighted by molar-refractivity contribution is 5.65. The van der Waals surface area contributed by atoms with Gasteiger partial charge in [0, 0.05) is 5.56 Å². The largest absolute Gasteiger partial charge is 0.490 e. The van der Waals surface area contributed by atoms with Crippen LogP contribution in [0.25, 0.3) is 11.1 Å². The number of fused-ring (bicyclic) bond motifs is 1. The molecule has 2 aromatic rings. The van der Waals surface area contributed by atoms with Gasteiger partial charge < -0.3 is 4.74 Å². The summed E-state index contributed by atoms with van der Waals surface area (Å²) in [5.74, 6) is 1.53.